The molecule has 1 unspecified atom stereocenters. The lowest BCUT2D eigenvalue weighted by molar-refractivity contribution is -0.130. The third kappa shape index (κ3) is 4.22. The summed E-state index contributed by atoms with van der Waals surface area (Å²) < 4.78 is 13.3. The quantitative estimate of drug-likeness (QED) is 0.611. The maximum absolute atomic E-state index is 12.4. The average molecular weight is 408 g/mol. The van der Waals surface area contributed by atoms with Crippen LogP contribution in [0.3, 0.4) is 0 Å². The van der Waals surface area contributed by atoms with E-state index in [4.69, 9.17) is 9.47 Å². The Morgan fingerprint density at radius 1 is 1.20 bits per heavy atom. The van der Waals surface area contributed by atoms with Crippen LogP contribution < -0.4 is 20.1 Å². The first kappa shape index (κ1) is 19.8. The average Bonchev–Trinajstić information content (AvgIpc) is 3.05. The van der Waals surface area contributed by atoms with Gasteiger partial charge in [0.15, 0.2) is 11.5 Å². The summed E-state index contributed by atoms with van der Waals surface area (Å²) in [6.07, 6.45) is 0.806. The Balaban J connectivity index is 1.30. The molecule has 30 heavy (non-hydrogen) atoms. The zero-order valence-electron chi connectivity index (χ0n) is 17.0. The fraction of sp³-hybridized carbons (Fsp3) is 0.318. The number of ether oxygens (including phenoxy) is 2. The Labute approximate surface area is 174 Å². The first-order valence-corrected chi connectivity index (χ1v) is 9.90. The molecule has 0 aliphatic carbocycles. The van der Waals surface area contributed by atoms with Crippen molar-refractivity contribution in [3.05, 3.63) is 48.3 Å². The van der Waals surface area contributed by atoms with E-state index in [1.165, 1.54) is 6.92 Å². The summed E-state index contributed by atoms with van der Waals surface area (Å²) in [7, 11) is 1.96. The zero-order chi connectivity index (χ0) is 21.1. The Morgan fingerprint density at radius 2 is 2.00 bits per heavy atom. The van der Waals surface area contributed by atoms with E-state index < -0.39 is 6.10 Å². The van der Waals surface area contributed by atoms with Gasteiger partial charge in [-0.2, -0.15) is 0 Å². The third-order valence-electron chi connectivity index (χ3n) is 4.97. The number of hydrogen-bond acceptors (Lipinski definition) is 5. The second-order valence-electron chi connectivity index (χ2n) is 7.23. The fourth-order valence-corrected chi connectivity index (χ4v) is 3.47. The lowest BCUT2D eigenvalue weighted by atomic mass is 10.2. The maximum Gasteiger partial charge on any atom is 0.264 e. The van der Waals surface area contributed by atoms with Crippen LogP contribution >= 0.6 is 0 Å². The highest BCUT2D eigenvalue weighted by molar-refractivity contribution is 5.91. The molecule has 0 saturated heterocycles. The van der Waals surface area contributed by atoms with Crippen LogP contribution in [0, 0.1) is 0 Å². The van der Waals surface area contributed by atoms with Crippen molar-refractivity contribution in [3.8, 4) is 11.5 Å². The molecule has 8 heteroatoms. The van der Waals surface area contributed by atoms with Gasteiger partial charge < -0.3 is 24.7 Å². The molecule has 1 aliphatic rings. The molecule has 4 rings (SSSR count). The second-order valence-corrected chi connectivity index (χ2v) is 7.23. The summed E-state index contributed by atoms with van der Waals surface area (Å²) in [5.74, 6) is 1.87. The fourth-order valence-electron chi connectivity index (χ4n) is 3.47. The summed E-state index contributed by atoms with van der Waals surface area (Å²) in [5.41, 5.74) is 2.55. The van der Waals surface area contributed by atoms with E-state index in [0.29, 0.717) is 24.5 Å². The number of nitrogens with zero attached hydrogens (tertiary/aromatic N) is 2. The number of carbonyl (C=O) groups is 2. The van der Waals surface area contributed by atoms with Gasteiger partial charge in [-0.05, 0) is 36.8 Å². The Hall–Kier alpha value is -3.55. The number of imidazole rings is 1. The lowest BCUT2D eigenvalue weighted by Gasteiger charge is -2.25. The van der Waals surface area contributed by atoms with Gasteiger partial charge in [0, 0.05) is 32.6 Å². The summed E-state index contributed by atoms with van der Waals surface area (Å²) in [6, 6.07) is 13.0. The van der Waals surface area contributed by atoms with Crippen molar-refractivity contribution in [3.63, 3.8) is 0 Å². The zero-order valence-corrected chi connectivity index (χ0v) is 17.0. The molecule has 0 bridgehead atoms. The van der Waals surface area contributed by atoms with Crippen LogP contribution in [0.15, 0.2) is 42.5 Å². The van der Waals surface area contributed by atoms with E-state index >= 15 is 0 Å². The van der Waals surface area contributed by atoms with Crippen LogP contribution in [-0.2, 0) is 23.1 Å². The van der Waals surface area contributed by atoms with Crippen molar-refractivity contribution >= 4 is 28.5 Å². The normalized spacial score (nSPS) is 15.1. The number of nitrogens with one attached hydrogen (secondary N) is 2. The number of benzene rings is 2. The first-order valence-electron chi connectivity index (χ1n) is 9.90. The number of hydrogen-bond donors (Lipinski definition) is 2. The van der Waals surface area contributed by atoms with Gasteiger partial charge in [0.25, 0.3) is 5.91 Å². The van der Waals surface area contributed by atoms with Gasteiger partial charge in [0.1, 0.15) is 12.4 Å². The number of para-hydroxylation sites is 2. The summed E-state index contributed by atoms with van der Waals surface area (Å²) in [6.45, 7) is 2.19. The third-order valence-corrected chi connectivity index (χ3v) is 4.97. The minimum atomic E-state index is -0.650. The number of rotatable bonds is 6. The van der Waals surface area contributed by atoms with Crippen molar-refractivity contribution < 1.29 is 19.1 Å². The molecule has 2 N–H and O–H groups in total. The Morgan fingerprint density at radius 3 is 2.80 bits per heavy atom. The predicted molar refractivity (Wildman–Crippen MR) is 113 cm³/mol. The molecule has 156 valence electrons. The topological polar surface area (TPSA) is 94.5 Å². The predicted octanol–water partition coefficient (Wildman–Crippen LogP) is 2.42. The molecule has 1 aliphatic heterocycles. The molecule has 3 aromatic rings. The smallest absolute Gasteiger partial charge is 0.264 e. The highest BCUT2D eigenvalue weighted by Gasteiger charge is 2.26. The van der Waals surface area contributed by atoms with Crippen molar-refractivity contribution in [2.75, 3.05) is 18.5 Å². The lowest BCUT2D eigenvalue weighted by Crippen LogP contribution is -2.44. The van der Waals surface area contributed by atoms with E-state index in [2.05, 4.69) is 15.6 Å². The van der Waals surface area contributed by atoms with Crippen LogP contribution in [0.1, 0.15) is 19.2 Å². The molecule has 2 heterocycles. The molecule has 0 saturated carbocycles. The summed E-state index contributed by atoms with van der Waals surface area (Å²) in [4.78, 5) is 28.3. The molecule has 1 atom stereocenters. The van der Waals surface area contributed by atoms with Crippen molar-refractivity contribution in [2.45, 2.75) is 25.9 Å². The minimum absolute atomic E-state index is 0.114. The monoisotopic (exact) mass is 408 g/mol. The van der Waals surface area contributed by atoms with Gasteiger partial charge in [-0.1, -0.05) is 12.1 Å². The SMILES string of the molecule is CC(=O)Nc1ccc2c(c1)nc(CCCNC(=O)C1COc3ccccc3O1)n2C. The molecular weight excluding hydrogens is 384 g/mol. The van der Waals surface area contributed by atoms with Crippen molar-refractivity contribution in [1.29, 1.82) is 0 Å². The van der Waals surface area contributed by atoms with E-state index in [-0.39, 0.29) is 18.4 Å². The van der Waals surface area contributed by atoms with E-state index in [0.717, 1.165) is 29.0 Å². The molecular formula is C22H24N4O4. The van der Waals surface area contributed by atoms with E-state index in [1.807, 2.05) is 48.0 Å². The Bertz CT molecular complexity index is 1090. The van der Waals surface area contributed by atoms with Gasteiger partial charge in [-0.3, -0.25) is 9.59 Å². The number of fused-ring (bicyclic) bond motifs is 2. The number of aryl methyl sites for hydroxylation is 2. The van der Waals surface area contributed by atoms with Gasteiger partial charge in [-0.15, -0.1) is 0 Å². The Kier molecular flexibility index (Phi) is 5.56. The van der Waals surface area contributed by atoms with Gasteiger partial charge in [0.05, 0.1) is 11.0 Å². The van der Waals surface area contributed by atoms with Crippen molar-refractivity contribution in [2.24, 2.45) is 7.05 Å². The van der Waals surface area contributed by atoms with Crippen LogP contribution in [0.4, 0.5) is 5.69 Å². The van der Waals surface area contributed by atoms with Crippen molar-refractivity contribution in [1.82, 2.24) is 14.9 Å². The molecule has 0 radical (unpaired) electrons. The maximum atomic E-state index is 12.4. The standard InChI is InChI=1S/C22H24N4O4/c1-14(27)24-15-9-10-17-16(12-15)25-21(26(17)2)8-5-11-23-22(28)20-13-29-18-6-3-4-7-19(18)30-20/h3-4,6-7,9-10,12,20H,5,8,11,13H2,1-2H3,(H,23,28)(H,24,27). The van der Waals surface area contributed by atoms with E-state index in [9.17, 15) is 9.59 Å². The number of carbonyl (C=O) groups excluding carboxylic acids is 2. The number of aromatic nitrogens is 2. The summed E-state index contributed by atoms with van der Waals surface area (Å²) >= 11 is 0. The number of anilines is 1. The largest absolute Gasteiger partial charge is 0.485 e. The molecule has 2 amide bonds. The number of amides is 2. The minimum Gasteiger partial charge on any atom is -0.485 e. The van der Waals surface area contributed by atoms with E-state index in [1.54, 1.807) is 6.07 Å². The highest BCUT2D eigenvalue weighted by Crippen LogP contribution is 2.30. The van der Waals surface area contributed by atoms with Crippen LogP contribution in [-0.4, -0.2) is 40.6 Å². The van der Waals surface area contributed by atoms with Crippen LogP contribution in [0.25, 0.3) is 11.0 Å². The van der Waals surface area contributed by atoms with Gasteiger partial charge in [-0.25, -0.2) is 4.98 Å². The van der Waals surface area contributed by atoms with Crippen LogP contribution in [0.2, 0.25) is 0 Å². The molecule has 0 spiro atoms. The molecule has 8 nitrogen and oxygen atoms in total. The first-order chi connectivity index (χ1) is 14.5. The van der Waals surface area contributed by atoms with Gasteiger partial charge >= 0.3 is 0 Å². The highest BCUT2D eigenvalue weighted by atomic mass is 16.6. The summed E-state index contributed by atoms with van der Waals surface area (Å²) in [5, 5.41) is 5.68. The molecule has 1 aromatic heterocycles. The van der Waals surface area contributed by atoms with Crippen LogP contribution in [0.5, 0.6) is 11.5 Å². The molecule has 0 fully saturated rings. The molecule has 2 aromatic carbocycles. The second kappa shape index (κ2) is 8.44. The van der Waals surface area contributed by atoms with Gasteiger partial charge in [0.2, 0.25) is 12.0 Å².